The van der Waals surface area contributed by atoms with Crippen molar-refractivity contribution >= 4 is 17.9 Å². The van der Waals surface area contributed by atoms with Crippen LogP contribution in [0, 0.1) is 0 Å². The smallest absolute Gasteiger partial charge is 0.306 e. The van der Waals surface area contributed by atoms with Crippen LogP contribution in [0.2, 0.25) is 0 Å². The lowest BCUT2D eigenvalue weighted by molar-refractivity contribution is -0.166. The zero-order valence-electron chi connectivity index (χ0n) is 48.7. The first-order chi connectivity index (χ1) is 37.5. The number of hydrogen-bond acceptors (Lipinski definition) is 6. The second kappa shape index (κ2) is 62.6. The van der Waals surface area contributed by atoms with Gasteiger partial charge in [0, 0.05) is 19.3 Å². The number of unbranched alkanes of at least 4 members (excludes halogenated alkanes) is 16. The second-order valence-corrected chi connectivity index (χ2v) is 19.5. The minimum absolute atomic E-state index is 0.117. The van der Waals surface area contributed by atoms with Crippen molar-refractivity contribution in [1.82, 2.24) is 0 Å². The minimum atomic E-state index is -0.829. The van der Waals surface area contributed by atoms with Crippen LogP contribution in [0.3, 0.4) is 0 Å². The number of carbonyl (C=O) groups excluding carboxylic acids is 3. The Morgan fingerprint density at radius 1 is 0.276 bits per heavy atom. The van der Waals surface area contributed by atoms with Gasteiger partial charge in [0.2, 0.25) is 0 Å². The summed E-state index contributed by atoms with van der Waals surface area (Å²) in [6.07, 6.45) is 91.2. The molecule has 0 bridgehead atoms. The van der Waals surface area contributed by atoms with Crippen molar-refractivity contribution in [2.24, 2.45) is 0 Å². The van der Waals surface area contributed by atoms with Gasteiger partial charge in [-0.1, -0.05) is 269 Å². The lowest BCUT2D eigenvalue weighted by Crippen LogP contribution is -2.30. The van der Waals surface area contributed by atoms with Crippen molar-refractivity contribution in [2.45, 2.75) is 252 Å². The fraction of sp³-hybridized carbons (Fsp3) is 0.586. The molecule has 426 valence electrons. The molecule has 1 unspecified atom stereocenters. The molecule has 0 aliphatic carbocycles. The molecule has 1 atom stereocenters. The van der Waals surface area contributed by atoms with Crippen molar-refractivity contribution in [3.63, 3.8) is 0 Å². The largest absolute Gasteiger partial charge is 0.462 e. The average molecular weight is 1050 g/mol. The van der Waals surface area contributed by atoms with Gasteiger partial charge in [-0.05, 0) is 116 Å². The molecule has 0 radical (unpaired) electrons. The number of carbonyl (C=O) groups is 3. The van der Waals surface area contributed by atoms with Crippen LogP contribution in [-0.4, -0.2) is 37.2 Å². The van der Waals surface area contributed by atoms with Crippen LogP contribution in [0.4, 0.5) is 0 Å². The molecule has 0 aliphatic heterocycles. The average Bonchev–Trinajstić information content (AvgIpc) is 3.42. The molecule has 0 amide bonds. The van der Waals surface area contributed by atoms with Gasteiger partial charge in [-0.2, -0.15) is 0 Å². The Kier molecular flexibility index (Phi) is 58.5. The Hall–Kier alpha value is -4.97. The van der Waals surface area contributed by atoms with E-state index in [2.05, 4.69) is 167 Å². The molecule has 0 aliphatic rings. The summed E-state index contributed by atoms with van der Waals surface area (Å²) in [5, 5.41) is 0. The van der Waals surface area contributed by atoms with E-state index in [4.69, 9.17) is 14.2 Å². The maximum absolute atomic E-state index is 12.8. The van der Waals surface area contributed by atoms with Gasteiger partial charge < -0.3 is 14.2 Å². The fourth-order valence-electron chi connectivity index (χ4n) is 7.80. The highest BCUT2D eigenvalue weighted by Gasteiger charge is 2.19. The van der Waals surface area contributed by atoms with Crippen LogP contribution in [0.25, 0.3) is 0 Å². The number of hydrogen-bond donors (Lipinski definition) is 0. The van der Waals surface area contributed by atoms with Gasteiger partial charge in [0.15, 0.2) is 6.10 Å². The van der Waals surface area contributed by atoms with E-state index in [0.29, 0.717) is 19.3 Å². The Bertz CT molecular complexity index is 1720. The standard InChI is InChI=1S/C70H110O6/c1-4-7-10-13-16-19-22-25-26-27-28-29-30-31-32-33-34-35-36-37-38-39-40-41-42-43-44-46-48-51-54-57-60-63-69(72)75-66-67(65-74-68(71)62-59-56-53-50-47-24-21-18-15-12-9-6-3)76-70(73)64-61-58-55-52-49-45-23-20-17-14-11-8-5-2/h7-8,10-11,16-17,19-20,25-26,28-29,31-32,34-35,37-38,40-41,43-45,49,55,58,67H,4-6,9,12-15,18,21-24,27,30,33,36,39,42,46-48,50-54,56-57,59-66H2,1-3H3/b10-7-,11-8-,19-16-,20-17-,26-25-,29-28-,32-31-,35-34-,38-37-,41-40-,44-43-,49-45-,58-55-. The number of rotatable bonds is 53. The summed E-state index contributed by atoms with van der Waals surface area (Å²) < 4.78 is 16.7. The first-order valence-electron chi connectivity index (χ1n) is 30.5. The minimum Gasteiger partial charge on any atom is -0.462 e. The van der Waals surface area contributed by atoms with Gasteiger partial charge in [0.25, 0.3) is 0 Å². The molecular formula is C70H110O6. The zero-order valence-corrected chi connectivity index (χ0v) is 48.7. The molecule has 0 aromatic heterocycles. The Labute approximate surface area is 467 Å². The molecule has 6 heteroatoms. The third-order valence-electron chi connectivity index (χ3n) is 12.3. The van der Waals surface area contributed by atoms with E-state index in [1.807, 2.05) is 12.2 Å². The van der Waals surface area contributed by atoms with Crippen molar-refractivity contribution in [3.8, 4) is 0 Å². The quantitative estimate of drug-likeness (QED) is 0.0261. The van der Waals surface area contributed by atoms with Crippen molar-refractivity contribution in [1.29, 1.82) is 0 Å². The lowest BCUT2D eigenvalue weighted by Gasteiger charge is -2.18. The SMILES string of the molecule is CC/C=C\C/C=C\C/C=C\C/C=C\C/C=C\C/C=C\C/C=C\C/C=C\C/C=C\CCCCCCCC(=O)OCC(COC(=O)CCCCCCCCCCCCCC)OC(=O)CC/C=C\C/C=C\C/C=C\C/C=C\CC. The predicted molar refractivity (Wildman–Crippen MR) is 329 cm³/mol. The van der Waals surface area contributed by atoms with E-state index in [1.165, 1.54) is 57.8 Å². The number of ether oxygens (including phenoxy) is 3. The van der Waals surface area contributed by atoms with Gasteiger partial charge in [-0.25, -0.2) is 0 Å². The summed E-state index contributed by atoms with van der Waals surface area (Å²) in [7, 11) is 0. The first kappa shape index (κ1) is 71.0. The van der Waals surface area contributed by atoms with Gasteiger partial charge in [0.05, 0.1) is 0 Å². The van der Waals surface area contributed by atoms with E-state index >= 15 is 0 Å². The van der Waals surface area contributed by atoms with E-state index in [9.17, 15) is 14.4 Å². The van der Waals surface area contributed by atoms with E-state index < -0.39 is 12.1 Å². The summed E-state index contributed by atoms with van der Waals surface area (Å²) in [4.78, 5) is 38.1. The van der Waals surface area contributed by atoms with Crippen molar-refractivity contribution in [3.05, 3.63) is 158 Å². The molecule has 0 rings (SSSR count). The normalized spacial score (nSPS) is 13.2. The topological polar surface area (TPSA) is 78.9 Å². The highest BCUT2D eigenvalue weighted by Crippen LogP contribution is 2.14. The maximum atomic E-state index is 12.8. The highest BCUT2D eigenvalue weighted by molar-refractivity contribution is 5.71. The summed E-state index contributed by atoms with van der Waals surface area (Å²) in [5.41, 5.74) is 0. The summed E-state index contributed by atoms with van der Waals surface area (Å²) in [5.74, 6) is -1.03. The molecule has 0 aromatic carbocycles. The van der Waals surface area contributed by atoms with Crippen LogP contribution < -0.4 is 0 Å². The third kappa shape index (κ3) is 59.9. The first-order valence-corrected chi connectivity index (χ1v) is 30.5. The molecule has 6 nitrogen and oxygen atoms in total. The summed E-state index contributed by atoms with van der Waals surface area (Å²) in [6, 6.07) is 0. The third-order valence-corrected chi connectivity index (χ3v) is 12.3. The lowest BCUT2D eigenvalue weighted by atomic mass is 10.0. The fourth-order valence-corrected chi connectivity index (χ4v) is 7.80. The van der Waals surface area contributed by atoms with Crippen LogP contribution >= 0.6 is 0 Å². The van der Waals surface area contributed by atoms with Gasteiger partial charge in [0.1, 0.15) is 13.2 Å². The monoisotopic (exact) mass is 1050 g/mol. The Balaban J connectivity index is 4.33. The van der Waals surface area contributed by atoms with Crippen LogP contribution in [-0.2, 0) is 28.6 Å². The Morgan fingerprint density at radius 2 is 0.539 bits per heavy atom. The molecule has 0 fully saturated rings. The van der Waals surface area contributed by atoms with E-state index in [1.54, 1.807) is 0 Å². The van der Waals surface area contributed by atoms with Crippen LogP contribution in [0.15, 0.2) is 158 Å². The molecule has 0 saturated carbocycles. The maximum Gasteiger partial charge on any atom is 0.306 e. The van der Waals surface area contributed by atoms with Gasteiger partial charge >= 0.3 is 17.9 Å². The second-order valence-electron chi connectivity index (χ2n) is 19.5. The summed E-state index contributed by atoms with van der Waals surface area (Å²) in [6.45, 7) is 6.31. The number of allylic oxidation sites excluding steroid dienone is 26. The molecule has 0 heterocycles. The molecule has 0 spiro atoms. The molecule has 0 saturated heterocycles. The van der Waals surface area contributed by atoms with Crippen molar-refractivity contribution in [2.75, 3.05) is 13.2 Å². The number of esters is 3. The molecular weight excluding hydrogens is 937 g/mol. The van der Waals surface area contributed by atoms with Crippen LogP contribution in [0.1, 0.15) is 245 Å². The molecule has 76 heavy (non-hydrogen) atoms. The van der Waals surface area contributed by atoms with E-state index in [-0.39, 0.29) is 31.6 Å². The van der Waals surface area contributed by atoms with Crippen LogP contribution in [0.5, 0.6) is 0 Å². The van der Waals surface area contributed by atoms with Gasteiger partial charge in [-0.3, -0.25) is 14.4 Å². The zero-order chi connectivity index (χ0) is 55.0. The van der Waals surface area contributed by atoms with Crippen molar-refractivity contribution < 1.29 is 28.6 Å². The van der Waals surface area contributed by atoms with E-state index in [0.717, 1.165) is 141 Å². The molecule has 0 aromatic rings. The van der Waals surface area contributed by atoms with Gasteiger partial charge in [-0.15, -0.1) is 0 Å². The highest BCUT2D eigenvalue weighted by atomic mass is 16.6. The Morgan fingerprint density at radius 3 is 0.855 bits per heavy atom. The molecule has 0 N–H and O–H groups in total. The summed E-state index contributed by atoms with van der Waals surface area (Å²) >= 11 is 0. The predicted octanol–water partition coefficient (Wildman–Crippen LogP) is 20.9.